The van der Waals surface area contributed by atoms with Gasteiger partial charge >= 0.3 is 5.97 Å². The lowest BCUT2D eigenvalue weighted by atomic mass is 10.1. The van der Waals surface area contributed by atoms with Crippen LogP contribution in [0.1, 0.15) is 10.4 Å². The Bertz CT molecular complexity index is 833. The molecule has 0 atom stereocenters. The molecule has 0 aliphatic rings. The number of halogens is 1. The van der Waals surface area contributed by atoms with Crippen molar-refractivity contribution >= 4 is 32.7 Å². The SMILES string of the molecule is O=C(O)c1ccnc(Oc2ccc3cc(Br)ccc3c2)c1. The number of pyridine rings is 1. The van der Waals surface area contributed by atoms with Gasteiger partial charge in [0, 0.05) is 16.7 Å². The first-order valence-corrected chi connectivity index (χ1v) is 6.98. The number of aromatic nitrogens is 1. The third-order valence-electron chi connectivity index (χ3n) is 2.98. The number of carboxylic acids is 1. The Morgan fingerprint density at radius 3 is 2.62 bits per heavy atom. The second-order valence-corrected chi connectivity index (χ2v) is 5.36. The fourth-order valence-electron chi connectivity index (χ4n) is 1.98. The van der Waals surface area contributed by atoms with Crippen LogP contribution >= 0.6 is 15.9 Å². The van der Waals surface area contributed by atoms with Crippen LogP contribution in [-0.4, -0.2) is 16.1 Å². The third-order valence-corrected chi connectivity index (χ3v) is 3.47. The monoisotopic (exact) mass is 343 g/mol. The summed E-state index contributed by atoms with van der Waals surface area (Å²) in [6, 6.07) is 14.4. The van der Waals surface area contributed by atoms with Crippen molar-refractivity contribution in [1.29, 1.82) is 0 Å². The maximum absolute atomic E-state index is 10.9. The lowest BCUT2D eigenvalue weighted by Gasteiger charge is -2.07. The van der Waals surface area contributed by atoms with Crippen molar-refractivity contribution in [1.82, 2.24) is 4.98 Å². The fraction of sp³-hybridized carbons (Fsp3) is 0. The van der Waals surface area contributed by atoms with Crippen molar-refractivity contribution in [2.75, 3.05) is 0 Å². The maximum atomic E-state index is 10.9. The summed E-state index contributed by atoms with van der Waals surface area (Å²) in [5.41, 5.74) is 0.143. The molecule has 5 heteroatoms. The molecule has 3 rings (SSSR count). The molecule has 0 unspecified atom stereocenters. The van der Waals surface area contributed by atoms with Crippen molar-refractivity contribution in [3.63, 3.8) is 0 Å². The zero-order valence-electron chi connectivity index (χ0n) is 10.8. The number of aromatic carboxylic acids is 1. The Hall–Kier alpha value is -2.40. The number of hydrogen-bond acceptors (Lipinski definition) is 3. The van der Waals surface area contributed by atoms with E-state index in [0.29, 0.717) is 5.75 Å². The molecule has 4 nitrogen and oxygen atoms in total. The average molecular weight is 344 g/mol. The minimum atomic E-state index is -1.01. The molecule has 0 amide bonds. The molecule has 1 heterocycles. The summed E-state index contributed by atoms with van der Waals surface area (Å²) in [4.78, 5) is 14.9. The zero-order chi connectivity index (χ0) is 14.8. The van der Waals surface area contributed by atoms with Gasteiger partial charge in [-0.25, -0.2) is 9.78 Å². The minimum Gasteiger partial charge on any atom is -0.478 e. The van der Waals surface area contributed by atoms with Crippen LogP contribution in [0.5, 0.6) is 11.6 Å². The third kappa shape index (κ3) is 3.03. The van der Waals surface area contributed by atoms with Gasteiger partial charge in [0.15, 0.2) is 0 Å². The number of fused-ring (bicyclic) bond motifs is 1. The molecule has 0 bridgehead atoms. The number of ether oxygens (including phenoxy) is 1. The second-order valence-electron chi connectivity index (χ2n) is 4.44. The van der Waals surface area contributed by atoms with Crippen LogP contribution in [0.3, 0.4) is 0 Å². The van der Waals surface area contributed by atoms with Crippen LogP contribution in [-0.2, 0) is 0 Å². The zero-order valence-corrected chi connectivity index (χ0v) is 12.4. The summed E-state index contributed by atoms with van der Waals surface area (Å²) >= 11 is 3.43. The quantitative estimate of drug-likeness (QED) is 0.761. The number of nitrogens with zero attached hydrogens (tertiary/aromatic N) is 1. The first-order valence-electron chi connectivity index (χ1n) is 6.18. The largest absolute Gasteiger partial charge is 0.478 e. The van der Waals surface area contributed by atoms with Gasteiger partial charge in [0.25, 0.3) is 0 Å². The average Bonchev–Trinajstić information content (AvgIpc) is 2.48. The summed E-state index contributed by atoms with van der Waals surface area (Å²) < 4.78 is 6.63. The summed E-state index contributed by atoms with van der Waals surface area (Å²) in [5.74, 6) is -0.142. The predicted molar refractivity (Wildman–Crippen MR) is 82.9 cm³/mol. The van der Waals surface area contributed by atoms with Crippen LogP contribution in [0.25, 0.3) is 10.8 Å². The highest BCUT2D eigenvalue weighted by Gasteiger charge is 2.06. The van der Waals surface area contributed by atoms with E-state index in [9.17, 15) is 4.79 Å². The van der Waals surface area contributed by atoms with Gasteiger partial charge in [-0.15, -0.1) is 0 Å². The van der Waals surface area contributed by atoms with Crippen LogP contribution in [0, 0.1) is 0 Å². The van der Waals surface area contributed by atoms with E-state index in [2.05, 4.69) is 20.9 Å². The summed E-state index contributed by atoms with van der Waals surface area (Å²) in [5, 5.41) is 11.1. The molecule has 0 fully saturated rings. The Balaban J connectivity index is 1.92. The molecule has 0 aliphatic heterocycles. The number of benzene rings is 2. The molecular weight excluding hydrogens is 334 g/mol. The molecule has 3 aromatic rings. The Kier molecular flexibility index (Phi) is 3.58. The van der Waals surface area contributed by atoms with Crippen molar-refractivity contribution in [2.24, 2.45) is 0 Å². The molecule has 0 saturated carbocycles. The first-order chi connectivity index (χ1) is 10.1. The van der Waals surface area contributed by atoms with Gasteiger partial charge < -0.3 is 9.84 Å². The van der Waals surface area contributed by atoms with Gasteiger partial charge in [-0.1, -0.05) is 28.1 Å². The normalized spacial score (nSPS) is 10.5. The van der Waals surface area contributed by atoms with E-state index >= 15 is 0 Å². The summed E-state index contributed by atoms with van der Waals surface area (Å²) in [6.07, 6.45) is 1.41. The lowest BCUT2D eigenvalue weighted by molar-refractivity contribution is 0.0696. The Morgan fingerprint density at radius 1 is 1.05 bits per heavy atom. The highest BCUT2D eigenvalue weighted by molar-refractivity contribution is 9.10. The maximum Gasteiger partial charge on any atom is 0.335 e. The van der Waals surface area contributed by atoms with E-state index in [1.165, 1.54) is 18.3 Å². The van der Waals surface area contributed by atoms with Gasteiger partial charge in [0.05, 0.1) is 5.56 Å². The molecular formula is C16H10BrNO3. The number of rotatable bonds is 3. The highest BCUT2D eigenvalue weighted by Crippen LogP contribution is 2.26. The fourth-order valence-corrected chi connectivity index (χ4v) is 2.36. The van der Waals surface area contributed by atoms with Crippen LogP contribution in [0.2, 0.25) is 0 Å². The van der Waals surface area contributed by atoms with E-state index in [-0.39, 0.29) is 11.4 Å². The van der Waals surface area contributed by atoms with Gasteiger partial charge in [-0.3, -0.25) is 0 Å². The predicted octanol–water partition coefficient (Wildman–Crippen LogP) is 4.49. The van der Waals surface area contributed by atoms with Gasteiger partial charge in [0.2, 0.25) is 5.88 Å². The molecule has 21 heavy (non-hydrogen) atoms. The van der Waals surface area contributed by atoms with Crippen molar-refractivity contribution < 1.29 is 14.6 Å². The Labute approximate surface area is 129 Å². The summed E-state index contributed by atoms with van der Waals surface area (Å²) in [7, 11) is 0. The van der Waals surface area contributed by atoms with Gasteiger partial charge in [-0.05, 0) is 41.1 Å². The standard InChI is InChI=1S/C16H10BrNO3/c17-13-3-1-11-8-14(4-2-10(11)7-13)21-15-9-12(16(19)20)5-6-18-15/h1-9H,(H,19,20). The van der Waals surface area contributed by atoms with Crippen molar-refractivity contribution in [2.45, 2.75) is 0 Å². The molecule has 2 aromatic carbocycles. The smallest absolute Gasteiger partial charge is 0.335 e. The Morgan fingerprint density at radius 2 is 1.81 bits per heavy atom. The van der Waals surface area contributed by atoms with E-state index in [1.807, 2.05) is 36.4 Å². The number of carboxylic acid groups (broad SMARTS) is 1. The van der Waals surface area contributed by atoms with E-state index in [0.717, 1.165) is 15.2 Å². The lowest BCUT2D eigenvalue weighted by Crippen LogP contribution is -1.97. The van der Waals surface area contributed by atoms with Crippen molar-refractivity contribution in [3.05, 3.63) is 64.8 Å². The topological polar surface area (TPSA) is 59.4 Å². The molecule has 1 aromatic heterocycles. The van der Waals surface area contributed by atoms with Crippen LogP contribution in [0.15, 0.2) is 59.2 Å². The van der Waals surface area contributed by atoms with E-state index in [4.69, 9.17) is 9.84 Å². The van der Waals surface area contributed by atoms with Crippen LogP contribution in [0.4, 0.5) is 0 Å². The van der Waals surface area contributed by atoms with E-state index in [1.54, 1.807) is 0 Å². The van der Waals surface area contributed by atoms with E-state index < -0.39 is 5.97 Å². The molecule has 0 saturated heterocycles. The molecule has 1 N–H and O–H groups in total. The molecule has 0 spiro atoms. The minimum absolute atomic E-state index is 0.143. The second kappa shape index (κ2) is 5.54. The highest BCUT2D eigenvalue weighted by atomic mass is 79.9. The molecule has 0 radical (unpaired) electrons. The molecule has 0 aliphatic carbocycles. The van der Waals surface area contributed by atoms with Gasteiger partial charge in [0.1, 0.15) is 5.75 Å². The van der Waals surface area contributed by atoms with Crippen LogP contribution < -0.4 is 4.74 Å². The number of hydrogen-bond donors (Lipinski definition) is 1. The van der Waals surface area contributed by atoms with Crippen molar-refractivity contribution in [3.8, 4) is 11.6 Å². The summed E-state index contributed by atoms with van der Waals surface area (Å²) in [6.45, 7) is 0. The van der Waals surface area contributed by atoms with Gasteiger partial charge in [-0.2, -0.15) is 0 Å². The molecule has 104 valence electrons. The first kappa shape index (κ1) is 13.6. The number of carbonyl (C=O) groups is 1.